The maximum absolute atomic E-state index is 13.3. The van der Waals surface area contributed by atoms with E-state index < -0.39 is 15.9 Å². The number of hydrogen-bond donors (Lipinski definition) is 1. The molecule has 0 spiro atoms. The molecule has 3 aromatic carbocycles. The molecule has 3 rings (SSSR count). The first kappa shape index (κ1) is 22.5. The van der Waals surface area contributed by atoms with E-state index in [2.05, 4.69) is 5.32 Å². The summed E-state index contributed by atoms with van der Waals surface area (Å²) in [5.41, 5.74) is 3.28. The SMILES string of the molecule is Cc1ccc(N(CC(=O)NCCc2ccc(F)cc2)S(=O)(=O)c2ccccc2)cc1C. The Morgan fingerprint density at radius 1 is 0.935 bits per heavy atom. The third kappa shape index (κ3) is 5.70. The van der Waals surface area contributed by atoms with Crippen LogP contribution in [-0.4, -0.2) is 27.4 Å². The zero-order valence-electron chi connectivity index (χ0n) is 17.5. The average Bonchev–Trinajstić information content (AvgIpc) is 2.76. The molecule has 162 valence electrons. The molecule has 0 aliphatic rings. The van der Waals surface area contributed by atoms with E-state index in [1.165, 1.54) is 24.3 Å². The van der Waals surface area contributed by atoms with Crippen molar-refractivity contribution in [1.29, 1.82) is 0 Å². The molecular weight excluding hydrogens is 415 g/mol. The second-order valence-corrected chi connectivity index (χ2v) is 9.18. The van der Waals surface area contributed by atoms with Gasteiger partial charge in [-0.1, -0.05) is 36.4 Å². The second-order valence-electron chi connectivity index (χ2n) is 7.32. The molecule has 5 nitrogen and oxygen atoms in total. The Labute approximate surface area is 182 Å². The minimum atomic E-state index is -3.93. The third-order valence-electron chi connectivity index (χ3n) is 5.05. The molecule has 0 heterocycles. The summed E-state index contributed by atoms with van der Waals surface area (Å²) in [5, 5.41) is 2.76. The minimum Gasteiger partial charge on any atom is -0.354 e. The van der Waals surface area contributed by atoms with Crippen molar-refractivity contribution in [1.82, 2.24) is 5.32 Å². The van der Waals surface area contributed by atoms with Gasteiger partial charge < -0.3 is 5.32 Å². The molecule has 7 heteroatoms. The van der Waals surface area contributed by atoms with Crippen LogP contribution in [0.4, 0.5) is 10.1 Å². The number of hydrogen-bond acceptors (Lipinski definition) is 3. The highest BCUT2D eigenvalue weighted by atomic mass is 32.2. The van der Waals surface area contributed by atoms with Gasteiger partial charge in [-0.25, -0.2) is 12.8 Å². The molecule has 1 N–H and O–H groups in total. The topological polar surface area (TPSA) is 66.5 Å². The number of carbonyl (C=O) groups excluding carboxylic acids is 1. The molecule has 0 aliphatic carbocycles. The van der Waals surface area contributed by atoms with E-state index in [4.69, 9.17) is 0 Å². The molecule has 0 unspecified atom stereocenters. The van der Waals surface area contributed by atoms with Crippen molar-refractivity contribution >= 4 is 21.6 Å². The smallest absolute Gasteiger partial charge is 0.264 e. The summed E-state index contributed by atoms with van der Waals surface area (Å²) in [7, 11) is -3.93. The molecule has 0 bridgehead atoms. The highest BCUT2D eigenvalue weighted by Crippen LogP contribution is 2.25. The molecule has 0 saturated heterocycles. The maximum atomic E-state index is 13.3. The highest BCUT2D eigenvalue weighted by molar-refractivity contribution is 7.92. The predicted octanol–water partition coefficient (Wildman–Crippen LogP) is 4.00. The summed E-state index contributed by atoms with van der Waals surface area (Å²) >= 11 is 0. The van der Waals surface area contributed by atoms with Gasteiger partial charge in [0, 0.05) is 6.54 Å². The molecule has 0 aromatic heterocycles. The number of sulfonamides is 1. The molecule has 0 saturated carbocycles. The normalized spacial score (nSPS) is 11.2. The second kappa shape index (κ2) is 9.75. The summed E-state index contributed by atoms with van der Waals surface area (Å²) in [6.07, 6.45) is 0.515. The Bertz CT molecular complexity index is 1150. The Hall–Kier alpha value is -3.19. The molecule has 0 fully saturated rings. The molecule has 31 heavy (non-hydrogen) atoms. The molecule has 3 aromatic rings. The molecule has 0 aliphatic heterocycles. The molecule has 0 atom stereocenters. The lowest BCUT2D eigenvalue weighted by molar-refractivity contribution is -0.119. The van der Waals surface area contributed by atoms with E-state index in [9.17, 15) is 17.6 Å². The average molecular weight is 441 g/mol. The fraction of sp³-hybridized carbons (Fsp3) is 0.208. The van der Waals surface area contributed by atoms with Crippen LogP contribution in [0.15, 0.2) is 77.7 Å². The Kier molecular flexibility index (Phi) is 7.07. The number of halogens is 1. The number of nitrogens with one attached hydrogen (secondary N) is 1. The van der Waals surface area contributed by atoms with Gasteiger partial charge in [-0.05, 0) is 73.4 Å². The number of nitrogens with zero attached hydrogens (tertiary/aromatic N) is 1. The van der Waals surface area contributed by atoms with Crippen LogP contribution in [0.3, 0.4) is 0 Å². The van der Waals surface area contributed by atoms with E-state index in [0.717, 1.165) is 21.0 Å². The lowest BCUT2D eigenvalue weighted by atomic mass is 10.1. The van der Waals surface area contributed by atoms with Gasteiger partial charge >= 0.3 is 0 Å². The van der Waals surface area contributed by atoms with Gasteiger partial charge in [0.25, 0.3) is 10.0 Å². The molecular formula is C24H25FN2O3S. The first-order valence-electron chi connectivity index (χ1n) is 9.93. The van der Waals surface area contributed by atoms with E-state index in [0.29, 0.717) is 18.7 Å². The summed E-state index contributed by atoms with van der Waals surface area (Å²) in [5.74, 6) is -0.734. The van der Waals surface area contributed by atoms with Gasteiger partial charge in [0.1, 0.15) is 12.4 Å². The van der Waals surface area contributed by atoms with Crippen molar-refractivity contribution in [2.24, 2.45) is 0 Å². The number of rotatable bonds is 8. The first-order chi connectivity index (χ1) is 14.8. The quantitative estimate of drug-likeness (QED) is 0.576. The zero-order chi connectivity index (χ0) is 22.4. The van der Waals surface area contributed by atoms with Gasteiger partial charge in [-0.2, -0.15) is 0 Å². The summed E-state index contributed by atoms with van der Waals surface area (Å²) in [6, 6.07) is 19.4. The van der Waals surface area contributed by atoms with Crippen molar-refractivity contribution in [2.45, 2.75) is 25.2 Å². The number of aryl methyl sites for hydroxylation is 2. The highest BCUT2D eigenvalue weighted by Gasteiger charge is 2.27. The van der Waals surface area contributed by atoms with Gasteiger partial charge in [-0.15, -0.1) is 0 Å². The van der Waals surface area contributed by atoms with E-state index in [1.54, 1.807) is 42.5 Å². The number of carbonyl (C=O) groups is 1. The van der Waals surface area contributed by atoms with Crippen LogP contribution in [-0.2, 0) is 21.2 Å². The maximum Gasteiger partial charge on any atom is 0.264 e. The molecule has 1 amide bonds. The Morgan fingerprint density at radius 3 is 2.26 bits per heavy atom. The van der Waals surface area contributed by atoms with Gasteiger partial charge in [0.05, 0.1) is 10.6 Å². The van der Waals surface area contributed by atoms with Crippen LogP contribution in [0.5, 0.6) is 0 Å². The van der Waals surface area contributed by atoms with Crippen LogP contribution in [0.1, 0.15) is 16.7 Å². The van der Waals surface area contributed by atoms with Crippen LogP contribution in [0.2, 0.25) is 0 Å². The van der Waals surface area contributed by atoms with Crippen LogP contribution in [0, 0.1) is 19.7 Å². The number of amides is 1. The van der Waals surface area contributed by atoms with E-state index >= 15 is 0 Å². The van der Waals surface area contributed by atoms with Crippen LogP contribution >= 0.6 is 0 Å². The summed E-state index contributed by atoms with van der Waals surface area (Å²) < 4.78 is 40.7. The summed E-state index contributed by atoms with van der Waals surface area (Å²) in [4.78, 5) is 12.7. The standard InChI is InChI=1S/C24H25FN2O3S/c1-18-8-13-22(16-19(18)2)27(31(29,30)23-6-4-3-5-7-23)17-24(28)26-15-14-20-9-11-21(25)12-10-20/h3-13,16H,14-15,17H2,1-2H3,(H,26,28). The van der Waals surface area contributed by atoms with Gasteiger partial charge in [-0.3, -0.25) is 9.10 Å². The number of benzene rings is 3. The Balaban J connectivity index is 1.78. The van der Waals surface area contributed by atoms with Gasteiger partial charge in [0.2, 0.25) is 5.91 Å². The van der Waals surface area contributed by atoms with Crippen molar-refractivity contribution in [3.63, 3.8) is 0 Å². The van der Waals surface area contributed by atoms with Crippen LogP contribution < -0.4 is 9.62 Å². The monoisotopic (exact) mass is 440 g/mol. The summed E-state index contributed by atoms with van der Waals surface area (Å²) in [6.45, 7) is 3.81. The van der Waals surface area contributed by atoms with Gasteiger partial charge in [0.15, 0.2) is 0 Å². The zero-order valence-corrected chi connectivity index (χ0v) is 18.3. The fourth-order valence-corrected chi connectivity index (χ4v) is 4.53. The lowest BCUT2D eigenvalue weighted by Gasteiger charge is -2.25. The largest absolute Gasteiger partial charge is 0.354 e. The van der Waals surface area contributed by atoms with Crippen molar-refractivity contribution < 1.29 is 17.6 Å². The van der Waals surface area contributed by atoms with E-state index in [1.807, 2.05) is 19.9 Å². The van der Waals surface area contributed by atoms with Crippen molar-refractivity contribution in [3.8, 4) is 0 Å². The van der Waals surface area contributed by atoms with Crippen molar-refractivity contribution in [3.05, 3.63) is 95.3 Å². The van der Waals surface area contributed by atoms with Crippen LogP contribution in [0.25, 0.3) is 0 Å². The fourth-order valence-electron chi connectivity index (χ4n) is 3.10. The van der Waals surface area contributed by atoms with E-state index in [-0.39, 0.29) is 17.3 Å². The predicted molar refractivity (Wildman–Crippen MR) is 120 cm³/mol. The Morgan fingerprint density at radius 2 is 1.61 bits per heavy atom. The minimum absolute atomic E-state index is 0.118. The third-order valence-corrected chi connectivity index (χ3v) is 6.83. The lowest BCUT2D eigenvalue weighted by Crippen LogP contribution is -2.41. The first-order valence-corrected chi connectivity index (χ1v) is 11.4. The number of anilines is 1. The van der Waals surface area contributed by atoms with Crippen molar-refractivity contribution in [2.75, 3.05) is 17.4 Å². The molecule has 0 radical (unpaired) electrons.